The molecule has 0 bridgehead atoms. The quantitative estimate of drug-likeness (QED) is 0.779. The molecule has 0 aliphatic heterocycles. The highest BCUT2D eigenvalue weighted by molar-refractivity contribution is 6.39. The molecule has 0 aromatic heterocycles. The van der Waals surface area contributed by atoms with Crippen molar-refractivity contribution >= 4 is 23.2 Å². The summed E-state index contributed by atoms with van der Waals surface area (Å²) in [6.45, 7) is 9.82. The molecular weight excluding hydrogens is 326 g/mol. The highest BCUT2D eigenvalue weighted by Gasteiger charge is 2.18. The number of anilines is 2. The lowest BCUT2D eigenvalue weighted by Gasteiger charge is -2.22. The maximum atomic E-state index is 12.2. The molecule has 0 fully saturated rings. The highest BCUT2D eigenvalue weighted by atomic mass is 16.2. The molecule has 0 aliphatic carbocycles. The van der Waals surface area contributed by atoms with E-state index in [1.807, 2.05) is 62.4 Å². The third kappa shape index (κ3) is 4.85. The van der Waals surface area contributed by atoms with Crippen molar-refractivity contribution in [3.8, 4) is 0 Å². The Morgan fingerprint density at radius 2 is 1.65 bits per heavy atom. The molecule has 2 aromatic carbocycles. The van der Waals surface area contributed by atoms with Gasteiger partial charge in [0.1, 0.15) is 0 Å². The van der Waals surface area contributed by atoms with Crippen LogP contribution in [0.1, 0.15) is 37.9 Å². The first kappa shape index (κ1) is 19.5. The molecular formula is C21H27N3O2. The molecule has 5 heteroatoms. The third-order valence-electron chi connectivity index (χ3n) is 4.44. The maximum absolute atomic E-state index is 12.2. The average molecular weight is 353 g/mol. The number of amides is 2. The fourth-order valence-corrected chi connectivity index (χ4v) is 2.84. The van der Waals surface area contributed by atoms with Gasteiger partial charge in [0, 0.05) is 24.5 Å². The molecule has 0 spiro atoms. The normalized spacial score (nSPS) is 11.5. The van der Waals surface area contributed by atoms with Gasteiger partial charge in [0.05, 0.1) is 6.04 Å². The second kappa shape index (κ2) is 9.04. The lowest BCUT2D eigenvalue weighted by atomic mass is 10.1. The summed E-state index contributed by atoms with van der Waals surface area (Å²) in [4.78, 5) is 26.6. The average Bonchev–Trinajstić information content (AvgIpc) is 2.65. The molecule has 5 nitrogen and oxygen atoms in total. The van der Waals surface area contributed by atoms with Crippen LogP contribution in [0.5, 0.6) is 0 Å². The molecule has 0 heterocycles. The molecule has 2 rings (SSSR count). The summed E-state index contributed by atoms with van der Waals surface area (Å²) in [7, 11) is 0. The fourth-order valence-electron chi connectivity index (χ4n) is 2.84. The first-order valence-electron chi connectivity index (χ1n) is 8.98. The molecule has 2 amide bonds. The molecule has 1 unspecified atom stereocenters. The summed E-state index contributed by atoms with van der Waals surface area (Å²) < 4.78 is 0. The molecule has 1 atom stereocenters. The lowest BCUT2D eigenvalue weighted by Crippen LogP contribution is -2.37. The first-order chi connectivity index (χ1) is 12.5. The number of nitrogens with one attached hydrogen (secondary N) is 2. The standard InChI is InChI=1S/C21H27N3O2/c1-5-24(6-2)18-12-13-19(15(3)14-18)23-21(26)20(25)22-16(4)17-10-8-7-9-11-17/h7-14,16H,5-6H2,1-4H3,(H,22,25)(H,23,26). The molecule has 0 saturated carbocycles. The molecule has 0 saturated heterocycles. The zero-order chi connectivity index (χ0) is 19.1. The van der Waals surface area contributed by atoms with E-state index >= 15 is 0 Å². The van der Waals surface area contributed by atoms with Crippen molar-refractivity contribution in [2.45, 2.75) is 33.7 Å². The summed E-state index contributed by atoms with van der Waals surface area (Å²) in [5.41, 5.74) is 3.63. The van der Waals surface area contributed by atoms with E-state index in [1.165, 1.54) is 0 Å². The molecule has 138 valence electrons. The van der Waals surface area contributed by atoms with E-state index < -0.39 is 11.8 Å². The molecule has 26 heavy (non-hydrogen) atoms. The monoisotopic (exact) mass is 353 g/mol. The van der Waals surface area contributed by atoms with Crippen LogP contribution < -0.4 is 15.5 Å². The summed E-state index contributed by atoms with van der Waals surface area (Å²) in [5, 5.41) is 5.42. The summed E-state index contributed by atoms with van der Waals surface area (Å²) >= 11 is 0. The van der Waals surface area contributed by atoms with E-state index in [2.05, 4.69) is 29.4 Å². The molecule has 0 radical (unpaired) electrons. The predicted molar refractivity (Wildman–Crippen MR) is 106 cm³/mol. The van der Waals surface area contributed by atoms with Gasteiger partial charge in [-0.1, -0.05) is 30.3 Å². The Labute approximate surface area is 155 Å². The van der Waals surface area contributed by atoms with Crippen molar-refractivity contribution in [3.63, 3.8) is 0 Å². The van der Waals surface area contributed by atoms with Gasteiger partial charge in [-0.15, -0.1) is 0 Å². The van der Waals surface area contributed by atoms with Crippen LogP contribution in [-0.4, -0.2) is 24.9 Å². The van der Waals surface area contributed by atoms with Gasteiger partial charge in [-0.2, -0.15) is 0 Å². The van der Waals surface area contributed by atoms with Gasteiger partial charge in [-0.3, -0.25) is 9.59 Å². The number of benzene rings is 2. The van der Waals surface area contributed by atoms with Gasteiger partial charge in [-0.25, -0.2) is 0 Å². The Balaban J connectivity index is 2.01. The molecule has 2 aromatic rings. The fraction of sp³-hybridized carbons (Fsp3) is 0.333. The van der Waals surface area contributed by atoms with Crippen LogP contribution in [0.15, 0.2) is 48.5 Å². The number of aryl methyl sites for hydroxylation is 1. The van der Waals surface area contributed by atoms with Crippen LogP contribution >= 0.6 is 0 Å². The lowest BCUT2D eigenvalue weighted by molar-refractivity contribution is -0.136. The number of nitrogens with zero attached hydrogens (tertiary/aromatic N) is 1. The van der Waals surface area contributed by atoms with Crippen LogP contribution in [-0.2, 0) is 9.59 Å². The number of carbonyl (C=O) groups is 2. The van der Waals surface area contributed by atoms with E-state index in [0.29, 0.717) is 5.69 Å². The highest BCUT2D eigenvalue weighted by Crippen LogP contribution is 2.22. The number of hydrogen-bond acceptors (Lipinski definition) is 3. The van der Waals surface area contributed by atoms with Crippen molar-refractivity contribution in [1.82, 2.24) is 5.32 Å². The van der Waals surface area contributed by atoms with Crippen molar-refractivity contribution in [3.05, 3.63) is 59.7 Å². The van der Waals surface area contributed by atoms with E-state index in [-0.39, 0.29) is 6.04 Å². The van der Waals surface area contributed by atoms with Crippen molar-refractivity contribution < 1.29 is 9.59 Å². The van der Waals surface area contributed by atoms with Crippen LogP contribution in [0.4, 0.5) is 11.4 Å². The number of carbonyl (C=O) groups excluding carboxylic acids is 2. The summed E-state index contributed by atoms with van der Waals surface area (Å²) in [6.07, 6.45) is 0. The minimum absolute atomic E-state index is 0.236. The Bertz CT molecular complexity index is 755. The van der Waals surface area contributed by atoms with E-state index in [9.17, 15) is 9.59 Å². The van der Waals surface area contributed by atoms with Crippen molar-refractivity contribution in [1.29, 1.82) is 0 Å². The van der Waals surface area contributed by atoms with Gasteiger partial charge < -0.3 is 15.5 Å². The third-order valence-corrected chi connectivity index (χ3v) is 4.44. The second-order valence-corrected chi connectivity index (χ2v) is 6.23. The number of rotatable bonds is 6. The maximum Gasteiger partial charge on any atom is 0.313 e. The van der Waals surface area contributed by atoms with Gasteiger partial charge in [-0.05, 0) is 57.0 Å². The largest absolute Gasteiger partial charge is 0.372 e. The van der Waals surface area contributed by atoms with Crippen LogP contribution in [0.3, 0.4) is 0 Å². The van der Waals surface area contributed by atoms with Crippen molar-refractivity contribution in [2.75, 3.05) is 23.3 Å². The van der Waals surface area contributed by atoms with Crippen LogP contribution in [0, 0.1) is 6.92 Å². The first-order valence-corrected chi connectivity index (χ1v) is 8.98. The zero-order valence-electron chi connectivity index (χ0n) is 15.9. The Morgan fingerprint density at radius 3 is 2.23 bits per heavy atom. The Kier molecular flexibility index (Phi) is 6.78. The molecule has 0 aliphatic rings. The van der Waals surface area contributed by atoms with Crippen molar-refractivity contribution in [2.24, 2.45) is 0 Å². The van der Waals surface area contributed by atoms with Gasteiger partial charge >= 0.3 is 11.8 Å². The Morgan fingerprint density at radius 1 is 1.00 bits per heavy atom. The predicted octanol–water partition coefficient (Wildman–Crippen LogP) is 3.66. The SMILES string of the molecule is CCN(CC)c1ccc(NC(=O)C(=O)NC(C)c2ccccc2)c(C)c1. The minimum Gasteiger partial charge on any atom is -0.372 e. The van der Waals surface area contributed by atoms with E-state index in [0.717, 1.165) is 29.9 Å². The number of hydrogen-bond donors (Lipinski definition) is 2. The smallest absolute Gasteiger partial charge is 0.313 e. The summed E-state index contributed by atoms with van der Waals surface area (Å²) in [5.74, 6) is -1.31. The van der Waals surface area contributed by atoms with E-state index in [1.54, 1.807) is 0 Å². The minimum atomic E-state index is -0.661. The second-order valence-electron chi connectivity index (χ2n) is 6.23. The van der Waals surface area contributed by atoms with Gasteiger partial charge in [0.2, 0.25) is 0 Å². The summed E-state index contributed by atoms with van der Waals surface area (Å²) in [6, 6.07) is 15.1. The zero-order valence-corrected chi connectivity index (χ0v) is 15.9. The van der Waals surface area contributed by atoms with Gasteiger partial charge in [0.25, 0.3) is 0 Å². The molecule has 2 N–H and O–H groups in total. The topological polar surface area (TPSA) is 61.4 Å². The van der Waals surface area contributed by atoms with E-state index in [4.69, 9.17) is 0 Å². The van der Waals surface area contributed by atoms with Crippen LogP contribution in [0.2, 0.25) is 0 Å². The van der Waals surface area contributed by atoms with Gasteiger partial charge in [0.15, 0.2) is 0 Å². The van der Waals surface area contributed by atoms with Crippen LogP contribution in [0.25, 0.3) is 0 Å². The Hall–Kier alpha value is -2.82.